The first-order valence-electron chi connectivity index (χ1n) is 6.02. The fraction of sp³-hybridized carbons (Fsp3) is 0. The van der Waals surface area contributed by atoms with Crippen LogP contribution in [0.2, 0.25) is 0 Å². The Morgan fingerprint density at radius 3 is 1.75 bits per heavy atom. The van der Waals surface area contributed by atoms with Gasteiger partial charge in [-0.2, -0.15) is 0 Å². The second-order valence-corrected chi connectivity index (χ2v) is 4.88. The molecule has 2 aliphatic carbocycles. The van der Waals surface area contributed by atoms with Crippen molar-refractivity contribution in [3.63, 3.8) is 0 Å². The molecule has 3 heteroatoms. The van der Waals surface area contributed by atoms with Crippen LogP contribution in [0.25, 0.3) is 0 Å². The Labute approximate surface area is 137 Å². The fourth-order valence-electron chi connectivity index (χ4n) is 1.49. The summed E-state index contributed by atoms with van der Waals surface area (Å²) in [7, 11) is 0. The van der Waals surface area contributed by atoms with Gasteiger partial charge in [0.25, 0.3) is 0 Å². The first kappa shape index (κ1) is 17.8. The molecule has 100 valence electrons. The molecule has 0 amide bonds. The van der Waals surface area contributed by atoms with E-state index in [1.165, 1.54) is 11.8 Å². The fourth-order valence-corrected chi connectivity index (χ4v) is 2.25. The molecular formula is C17H14FeOS+2. The summed E-state index contributed by atoms with van der Waals surface area (Å²) in [6.07, 6.45) is 17.4. The van der Waals surface area contributed by atoms with Crippen LogP contribution in [-0.2, 0) is 21.9 Å². The molecule has 10 radical (unpaired) electrons. The van der Waals surface area contributed by atoms with Crippen LogP contribution in [0, 0.1) is 63.7 Å². The third-order valence-electron chi connectivity index (χ3n) is 2.41. The van der Waals surface area contributed by atoms with E-state index in [0.717, 1.165) is 10.8 Å². The number of benzene rings is 1. The first-order valence-corrected chi connectivity index (χ1v) is 6.83. The zero-order chi connectivity index (χ0) is 13.3. The molecule has 0 spiro atoms. The van der Waals surface area contributed by atoms with Gasteiger partial charge >= 0.3 is 17.1 Å². The average molecular weight is 322 g/mol. The van der Waals surface area contributed by atoms with Gasteiger partial charge in [-0.15, -0.1) is 0 Å². The van der Waals surface area contributed by atoms with Gasteiger partial charge in [0.05, 0.1) is 5.92 Å². The number of thioether (sulfide) groups is 1. The van der Waals surface area contributed by atoms with Gasteiger partial charge in [-0.05, 0) is 69.9 Å². The summed E-state index contributed by atoms with van der Waals surface area (Å²) < 4.78 is 0. The van der Waals surface area contributed by atoms with Crippen LogP contribution in [0.15, 0.2) is 35.2 Å². The van der Waals surface area contributed by atoms with Crippen molar-refractivity contribution in [2.24, 2.45) is 0 Å². The molecule has 0 atom stereocenters. The molecule has 1 aromatic carbocycles. The summed E-state index contributed by atoms with van der Waals surface area (Å²) in [6, 6.07) is 9.68. The van der Waals surface area contributed by atoms with Crippen LogP contribution in [-0.4, -0.2) is 5.12 Å². The summed E-state index contributed by atoms with van der Waals surface area (Å²) in [5.41, 5.74) is 0. The maximum absolute atomic E-state index is 11.6. The van der Waals surface area contributed by atoms with Gasteiger partial charge in [-0.1, -0.05) is 30.0 Å². The minimum absolute atomic E-state index is 0. The van der Waals surface area contributed by atoms with Gasteiger partial charge in [0.1, 0.15) is 0 Å². The molecule has 20 heavy (non-hydrogen) atoms. The summed E-state index contributed by atoms with van der Waals surface area (Å²) >= 11 is 1.26. The van der Waals surface area contributed by atoms with Crippen LogP contribution in [0.1, 0.15) is 0 Å². The van der Waals surface area contributed by atoms with Gasteiger partial charge < -0.3 is 0 Å². The zero-order valence-electron chi connectivity index (χ0n) is 10.8. The molecule has 1 nitrogen and oxygen atoms in total. The Bertz CT molecular complexity index is 362. The molecule has 0 N–H and O–H groups in total. The van der Waals surface area contributed by atoms with Crippen molar-refractivity contribution in [2.45, 2.75) is 4.90 Å². The van der Waals surface area contributed by atoms with Gasteiger partial charge in [0, 0.05) is 4.90 Å². The minimum Gasteiger partial charge on any atom is -0.286 e. The molecule has 0 aromatic heterocycles. The van der Waals surface area contributed by atoms with Crippen LogP contribution in [0.4, 0.5) is 0 Å². The maximum Gasteiger partial charge on any atom is 2.00 e. The van der Waals surface area contributed by atoms with Crippen molar-refractivity contribution in [2.75, 3.05) is 0 Å². The van der Waals surface area contributed by atoms with E-state index in [1.807, 2.05) is 88.1 Å². The number of hydrogen-bond acceptors (Lipinski definition) is 2. The summed E-state index contributed by atoms with van der Waals surface area (Å²) in [4.78, 5) is 12.6. The van der Waals surface area contributed by atoms with E-state index in [0.29, 0.717) is 0 Å². The largest absolute Gasteiger partial charge is 2.00 e. The monoisotopic (exact) mass is 322 g/mol. The molecule has 2 saturated carbocycles. The van der Waals surface area contributed by atoms with E-state index in [4.69, 9.17) is 0 Å². The van der Waals surface area contributed by atoms with Crippen LogP contribution >= 0.6 is 11.8 Å². The average Bonchev–Trinajstić information content (AvgIpc) is 3.16. The predicted molar refractivity (Wildman–Crippen MR) is 79.2 cm³/mol. The minimum atomic E-state index is 0. The Hall–Kier alpha value is -0.241. The number of rotatable bonds is 2. The number of carbonyl (C=O) groups is 1. The molecular weight excluding hydrogens is 308 g/mol. The Balaban J connectivity index is 0.000000283. The molecule has 0 bridgehead atoms. The molecule has 0 unspecified atom stereocenters. The summed E-state index contributed by atoms with van der Waals surface area (Å²) in [5.74, 6) is 0.763. The second kappa shape index (κ2) is 10.5. The normalized spacial score (nSPS) is 18.0. The molecule has 0 aliphatic heterocycles. The predicted octanol–water partition coefficient (Wildman–Crippen LogP) is 3.73. The van der Waals surface area contributed by atoms with E-state index < -0.39 is 0 Å². The zero-order valence-corrected chi connectivity index (χ0v) is 12.7. The topological polar surface area (TPSA) is 17.1 Å². The van der Waals surface area contributed by atoms with E-state index in [-0.39, 0.29) is 22.2 Å². The van der Waals surface area contributed by atoms with E-state index in [2.05, 4.69) is 0 Å². The van der Waals surface area contributed by atoms with Crippen LogP contribution < -0.4 is 0 Å². The summed E-state index contributed by atoms with van der Waals surface area (Å²) in [5, 5.41) is 0.0983. The number of hydrogen-bond donors (Lipinski definition) is 0. The molecule has 0 saturated heterocycles. The van der Waals surface area contributed by atoms with Gasteiger partial charge in [0.2, 0.25) is 5.12 Å². The second-order valence-electron chi connectivity index (χ2n) is 3.84. The van der Waals surface area contributed by atoms with Gasteiger partial charge in [-0.3, -0.25) is 4.79 Å². The van der Waals surface area contributed by atoms with Crippen molar-refractivity contribution in [3.05, 3.63) is 94.0 Å². The molecule has 0 heterocycles. The van der Waals surface area contributed by atoms with Crippen LogP contribution in [0.3, 0.4) is 0 Å². The quantitative estimate of drug-likeness (QED) is 0.610. The Morgan fingerprint density at radius 2 is 1.25 bits per heavy atom. The molecule has 2 fully saturated rings. The molecule has 3 rings (SSSR count). The summed E-state index contributed by atoms with van der Waals surface area (Å²) in [6.45, 7) is 0. The van der Waals surface area contributed by atoms with E-state index >= 15 is 0 Å². The Morgan fingerprint density at radius 1 is 0.750 bits per heavy atom. The van der Waals surface area contributed by atoms with E-state index in [1.54, 1.807) is 0 Å². The maximum atomic E-state index is 11.6. The third-order valence-corrected chi connectivity index (χ3v) is 3.34. The number of carbonyl (C=O) groups excluding carboxylic acids is 1. The Kier molecular flexibility index (Phi) is 9.33. The molecule has 2 aliphatic rings. The van der Waals surface area contributed by atoms with E-state index in [9.17, 15) is 4.79 Å². The van der Waals surface area contributed by atoms with Crippen molar-refractivity contribution in [1.29, 1.82) is 0 Å². The third kappa shape index (κ3) is 6.47. The van der Waals surface area contributed by atoms with Crippen molar-refractivity contribution >= 4 is 16.9 Å². The van der Waals surface area contributed by atoms with Gasteiger partial charge in [0.15, 0.2) is 0 Å². The van der Waals surface area contributed by atoms with Gasteiger partial charge in [-0.25, -0.2) is 0 Å². The SMILES string of the molecule is O=C(Sc1ccccc1)[C]1[CH][CH][CH][CH]1.[CH]1[CH][CH][CH][CH]1.[Fe+2]. The van der Waals surface area contributed by atoms with Crippen molar-refractivity contribution < 1.29 is 21.9 Å². The molecule has 1 aromatic rings. The first-order chi connectivity index (χ1) is 9.36. The van der Waals surface area contributed by atoms with Crippen molar-refractivity contribution in [3.8, 4) is 0 Å². The smallest absolute Gasteiger partial charge is 0.286 e. The van der Waals surface area contributed by atoms with Crippen molar-refractivity contribution in [1.82, 2.24) is 0 Å². The van der Waals surface area contributed by atoms with Crippen LogP contribution in [0.5, 0.6) is 0 Å². The standard InChI is InChI=1S/C12H9OS.C5H5.Fe/c13-12(10-6-4-5-7-10)14-11-8-2-1-3-9-11;1-2-4-5-3-1;/h1-9H;1-5H;/q;;+2.